The van der Waals surface area contributed by atoms with Gasteiger partial charge in [-0.1, -0.05) is 11.6 Å². The van der Waals surface area contributed by atoms with E-state index in [-0.39, 0.29) is 22.5 Å². The Morgan fingerprint density at radius 3 is 2.72 bits per heavy atom. The standard InChI is InChI=1S/C17H15ClF3N7O/c18-12-6-11(14(22)29)16(26-23-12)27-5-1-2-9(7-27)15-25-24-13-4-3-10(8-28(13)15)17(19,20)21/h3-4,6,8-9H,1-2,5,7H2,(H2,22,29). The minimum atomic E-state index is -4.47. The number of rotatable bonds is 3. The lowest BCUT2D eigenvalue weighted by Crippen LogP contribution is -2.37. The first-order valence-electron chi connectivity index (χ1n) is 8.74. The van der Waals surface area contributed by atoms with Gasteiger partial charge in [0, 0.05) is 25.2 Å². The van der Waals surface area contributed by atoms with E-state index in [9.17, 15) is 18.0 Å². The third-order valence-corrected chi connectivity index (χ3v) is 5.04. The predicted molar refractivity (Wildman–Crippen MR) is 97.7 cm³/mol. The van der Waals surface area contributed by atoms with Crippen molar-refractivity contribution in [3.8, 4) is 0 Å². The highest BCUT2D eigenvalue weighted by Crippen LogP contribution is 2.33. The highest BCUT2D eigenvalue weighted by Gasteiger charge is 2.33. The number of aromatic nitrogens is 5. The summed E-state index contributed by atoms with van der Waals surface area (Å²) in [6.07, 6.45) is -2.06. The number of amides is 1. The van der Waals surface area contributed by atoms with Crippen LogP contribution in [0.4, 0.5) is 19.0 Å². The minimum absolute atomic E-state index is 0.0410. The molecule has 1 saturated heterocycles. The Morgan fingerprint density at radius 1 is 1.21 bits per heavy atom. The summed E-state index contributed by atoms with van der Waals surface area (Å²) in [6, 6.07) is 3.61. The van der Waals surface area contributed by atoms with Crippen molar-refractivity contribution in [3.05, 3.63) is 46.5 Å². The Labute approximate surface area is 167 Å². The number of hydrogen-bond acceptors (Lipinski definition) is 6. The number of primary amides is 1. The van der Waals surface area contributed by atoms with Crippen LogP contribution in [0, 0.1) is 0 Å². The van der Waals surface area contributed by atoms with E-state index in [1.807, 2.05) is 4.90 Å². The van der Waals surface area contributed by atoms with Crippen molar-refractivity contribution in [2.24, 2.45) is 5.73 Å². The second-order valence-electron chi connectivity index (χ2n) is 6.76. The molecule has 0 aliphatic carbocycles. The van der Waals surface area contributed by atoms with E-state index < -0.39 is 17.6 Å². The van der Waals surface area contributed by atoms with Gasteiger partial charge in [-0.3, -0.25) is 9.20 Å². The van der Waals surface area contributed by atoms with Gasteiger partial charge in [0.1, 0.15) is 5.82 Å². The molecule has 0 saturated carbocycles. The molecule has 12 heteroatoms. The van der Waals surface area contributed by atoms with Gasteiger partial charge in [0.15, 0.2) is 16.6 Å². The SMILES string of the molecule is NC(=O)c1cc(Cl)nnc1N1CCCC(c2nnc3ccc(C(F)(F)F)cn23)C1. The molecule has 8 nitrogen and oxygen atoms in total. The average molecular weight is 426 g/mol. The fourth-order valence-electron chi connectivity index (χ4n) is 3.51. The van der Waals surface area contributed by atoms with Gasteiger partial charge in [0.25, 0.3) is 5.91 Å². The molecule has 1 amide bonds. The second-order valence-corrected chi connectivity index (χ2v) is 7.14. The van der Waals surface area contributed by atoms with Gasteiger partial charge >= 0.3 is 6.18 Å². The normalized spacial score (nSPS) is 17.7. The molecule has 152 valence electrons. The summed E-state index contributed by atoms with van der Waals surface area (Å²) < 4.78 is 40.7. The van der Waals surface area contributed by atoms with E-state index in [1.165, 1.54) is 16.5 Å². The van der Waals surface area contributed by atoms with Crippen molar-refractivity contribution < 1.29 is 18.0 Å². The summed E-state index contributed by atoms with van der Waals surface area (Å²) >= 11 is 5.81. The number of pyridine rings is 1. The van der Waals surface area contributed by atoms with E-state index in [2.05, 4.69) is 20.4 Å². The summed E-state index contributed by atoms with van der Waals surface area (Å²) in [5.74, 6) is -0.211. The molecule has 1 aliphatic heterocycles. The molecule has 1 fully saturated rings. The third kappa shape index (κ3) is 3.69. The highest BCUT2D eigenvalue weighted by atomic mass is 35.5. The first-order chi connectivity index (χ1) is 13.7. The molecule has 0 spiro atoms. The number of alkyl halides is 3. The van der Waals surface area contributed by atoms with E-state index in [0.717, 1.165) is 12.3 Å². The first kappa shape index (κ1) is 19.4. The molecule has 3 aromatic rings. The Bertz CT molecular complexity index is 1080. The van der Waals surface area contributed by atoms with Gasteiger partial charge in [-0.2, -0.15) is 13.2 Å². The Kier molecular flexibility index (Phi) is 4.77. The fourth-order valence-corrected chi connectivity index (χ4v) is 3.66. The second kappa shape index (κ2) is 7.14. The van der Waals surface area contributed by atoms with Gasteiger partial charge in [-0.15, -0.1) is 20.4 Å². The van der Waals surface area contributed by atoms with Crippen LogP contribution in [-0.4, -0.2) is 43.8 Å². The van der Waals surface area contributed by atoms with Crippen molar-refractivity contribution in [2.45, 2.75) is 24.9 Å². The zero-order valence-corrected chi connectivity index (χ0v) is 15.7. The molecule has 4 rings (SSSR count). The van der Waals surface area contributed by atoms with Gasteiger partial charge in [-0.05, 0) is 31.0 Å². The van der Waals surface area contributed by atoms with Crippen LogP contribution in [0.3, 0.4) is 0 Å². The Balaban J connectivity index is 1.69. The van der Waals surface area contributed by atoms with Crippen molar-refractivity contribution in [1.82, 2.24) is 24.8 Å². The molecule has 0 aromatic carbocycles. The van der Waals surface area contributed by atoms with E-state index >= 15 is 0 Å². The van der Waals surface area contributed by atoms with E-state index in [4.69, 9.17) is 17.3 Å². The van der Waals surface area contributed by atoms with Crippen molar-refractivity contribution in [2.75, 3.05) is 18.0 Å². The number of carbonyl (C=O) groups is 1. The predicted octanol–water partition coefficient (Wildman–Crippen LogP) is 2.67. The number of anilines is 1. The number of fused-ring (bicyclic) bond motifs is 1. The van der Waals surface area contributed by atoms with Crippen LogP contribution in [-0.2, 0) is 6.18 Å². The highest BCUT2D eigenvalue weighted by molar-refractivity contribution is 6.29. The van der Waals surface area contributed by atoms with Crippen molar-refractivity contribution >= 4 is 29.0 Å². The molecule has 1 aliphatic rings. The van der Waals surface area contributed by atoms with Crippen molar-refractivity contribution in [3.63, 3.8) is 0 Å². The maximum atomic E-state index is 13.1. The number of carbonyl (C=O) groups excluding carboxylic acids is 1. The fraction of sp³-hybridized carbons (Fsp3) is 0.353. The number of nitrogens with two attached hydrogens (primary N) is 1. The molecule has 0 radical (unpaired) electrons. The van der Waals surface area contributed by atoms with Crippen LogP contribution >= 0.6 is 11.6 Å². The molecule has 1 unspecified atom stereocenters. The maximum Gasteiger partial charge on any atom is 0.417 e. The van der Waals surface area contributed by atoms with E-state index in [1.54, 1.807) is 0 Å². The quantitative estimate of drug-likeness (QED) is 0.692. The largest absolute Gasteiger partial charge is 0.417 e. The number of piperidine rings is 1. The molecule has 3 aromatic heterocycles. The summed E-state index contributed by atoms with van der Waals surface area (Å²) in [5.41, 5.74) is 5.11. The molecular weight excluding hydrogens is 411 g/mol. The van der Waals surface area contributed by atoms with Gasteiger partial charge in [-0.25, -0.2) is 0 Å². The lowest BCUT2D eigenvalue weighted by Gasteiger charge is -2.33. The lowest BCUT2D eigenvalue weighted by molar-refractivity contribution is -0.137. The van der Waals surface area contributed by atoms with Gasteiger partial charge < -0.3 is 10.6 Å². The van der Waals surface area contributed by atoms with Crippen LogP contribution in [0.5, 0.6) is 0 Å². The monoisotopic (exact) mass is 425 g/mol. The smallest absolute Gasteiger partial charge is 0.365 e. The number of halogens is 4. The van der Waals surface area contributed by atoms with Crippen LogP contribution in [0.15, 0.2) is 24.4 Å². The number of hydrogen-bond donors (Lipinski definition) is 1. The Hall–Kier alpha value is -2.95. The minimum Gasteiger partial charge on any atom is -0.365 e. The topological polar surface area (TPSA) is 102 Å². The molecule has 0 bridgehead atoms. The molecule has 4 heterocycles. The zero-order chi connectivity index (χ0) is 20.8. The molecule has 29 heavy (non-hydrogen) atoms. The zero-order valence-electron chi connectivity index (χ0n) is 14.9. The summed E-state index contributed by atoms with van der Waals surface area (Å²) in [4.78, 5) is 13.6. The number of nitrogens with zero attached hydrogens (tertiary/aromatic N) is 6. The third-order valence-electron chi connectivity index (χ3n) is 4.85. The Morgan fingerprint density at radius 2 is 2.00 bits per heavy atom. The van der Waals surface area contributed by atoms with Crippen LogP contribution < -0.4 is 10.6 Å². The van der Waals surface area contributed by atoms with Crippen molar-refractivity contribution in [1.29, 1.82) is 0 Å². The summed E-state index contributed by atoms with van der Waals surface area (Å²) in [6.45, 7) is 0.950. The molecular formula is C17H15ClF3N7O. The van der Waals surface area contributed by atoms with Gasteiger partial charge in [0.05, 0.1) is 11.1 Å². The maximum absolute atomic E-state index is 13.1. The summed E-state index contributed by atoms with van der Waals surface area (Å²) in [5, 5.41) is 15.9. The average Bonchev–Trinajstić information content (AvgIpc) is 3.10. The van der Waals surface area contributed by atoms with Gasteiger partial charge in [0.2, 0.25) is 0 Å². The van der Waals surface area contributed by atoms with Crippen LogP contribution in [0.25, 0.3) is 5.65 Å². The van der Waals surface area contributed by atoms with Crippen LogP contribution in [0.1, 0.15) is 40.5 Å². The lowest BCUT2D eigenvalue weighted by atomic mass is 9.96. The first-order valence-corrected chi connectivity index (χ1v) is 9.11. The van der Waals surface area contributed by atoms with Crippen LogP contribution in [0.2, 0.25) is 5.15 Å². The van der Waals surface area contributed by atoms with E-state index in [0.29, 0.717) is 37.4 Å². The summed E-state index contributed by atoms with van der Waals surface area (Å²) in [7, 11) is 0. The molecule has 2 N–H and O–H groups in total. The molecule has 1 atom stereocenters.